The van der Waals surface area contributed by atoms with Crippen LogP contribution in [0.25, 0.3) is 0 Å². The second kappa shape index (κ2) is 5.07. The summed E-state index contributed by atoms with van der Waals surface area (Å²) < 4.78 is 0. The number of aromatic nitrogens is 1. The summed E-state index contributed by atoms with van der Waals surface area (Å²) in [5, 5.41) is 12.7. The second-order valence-electron chi connectivity index (χ2n) is 6.11. The first-order valence-electron chi connectivity index (χ1n) is 6.63. The molecule has 0 amide bonds. The summed E-state index contributed by atoms with van der Waals surface area (Å²) in [5.74, 6) is 0. The third-order valence-electron chi connectivity index (χ3n) is 3.48. The van der Waals surface area contributed by atoms with Crippen LogP contribution in [0.4, 0.5) is 0 Å². The third kappa shape index (κ3) is 2.88. The van der Waals surface area contributed by atoms with Crippen LogP contribution in [0.15, 0.2) is 12.3 Å². The van der Waals surface area contributed by atoms with Crippen molar-refractivity contribution in [2.24, 2.45) is 0 Å². The lowest BCUT2D eigenvalue weighted by Crippen LogP contribution is -2.34. The first kappa shape index (κ1) is 13.0. The van der Waals surface area contributed by atoms with Gasteiger partial charge in [-0.3, -0.25) is 4.98 Å². The van der Waals surface area contributed by atoms with Crippen LogP contribution in [-0.4, -0.2) is 11.0 Å². The van der Waals surface area contributed by atoms with Crippen molar-refractivity contribution in [3.8, 4) is 6.07 Å². The lowest BCUT2D eigenvalue weighted by molar-refractivity contribution is 0.338. The van der Waals surface area contributed by atoms with E-state index in [1.54, 1.807) is 0 Å². The lowest BCUT2D eigenvalue weighted by Gasteiger charge is -2.26. The molecule has 3 nitrogen and oxygen atoms in total. The lowest BCUT2D eigenvalue weighted by atomic mass is 9.88. The zero-order valence-corrected chi connectivity index (χ0v) is 11.5. The van der Waals surface area contributed by atoms with Crippen molar-refractivity contribution in [2.75, 3.05) is 0 Å². The molecule has 0 unspecified atom stereocenters. The van der Waals surface area contributed by atoms with Crippen LogP contribution < -0.4 is 5.32 Å². The van der Waals surface area contributed by atoms with Gasteiger partial charge in [-0.2, -0.15) is 5.26 Å². The van der Waals surface area contributed by atoms with E-state index in [1.807, 2.05) is 12.3 Å². The first-order valence-corrected chi connectivity index (χ1v) is 6.63. The zero-order valence-electron chi connectivity index (χ0n) is 11.5. The van der Waals surface area contributed by atoms with Gasteiger partial charge in [0.1, 0.15) is 6.07 Å². The summed E-state index contributed by atoms with van der Waals surface area (Å²) in [6.07, 6.45) is 5.78. The molecule has 1 heterocycles. The van der Waals surface area contributed by atoms with Gasteiger partial charge in [-0.25, -0.2) is 0 Å². The quantitative estimate of drug-likeness (QED) is 0.888. The minimum absolute atomic E-state index is 0.0784. The Balaban J connectivity index is 2.11. The number of rotatable bonds is 3. The minimum atomic E-state index is -0.0784. The van der Waals surface area contributed by atoms with Gasteiger partial charge >= 0.3 is 0 Å². The number of hydrogen-bond donors (Lipinski definition) is 1. The molecule has 0 spiro atoms. The molecule has 96 valence electrons. The maximum Gasteiger partial charge on any atom is 0.101 e. The molecule has 1 aromatic heterocycles. The number of hydrogen-bond acceptors (Lipinski definition) is 3. The molecule has 1 saturated carbocycles. The van der Waals surface area contributed by atoms with Gasteiger partial charge in [0.25, 0.3) is 0 Å². The standard InChI is InChI=1S/C15H21N3/c1-15(2,3)14-12(8-16)7-11(10-18-14)9-17-13-5-4-6-13/h7,10,13,17H,4-6,9H2,1-3H3. The molecule has 1 aromatic rings. The minimum Gasteiger partial charge on any atom is -0.310 e. The van der Waals surface area contributed by atoms with Crippen LogP contribution in [-0.2, 0) is 12.0 Å². The molecular weight excluding hydrogens is 222 g/mol. The van der Waals surface area contributed by atoms with Crippen LogP contribution in [0.1, 0.15) is 56.9 Å². The fourth-order valence-electron chi connectivity index (χ4n) is 2.16. The van der Waals surface area contributed by atoms with Crippen molar-refractivity contribution >= 4 is 0 Å². The van der Waals surface area contributed by atoms with E-state index in [4.69, 9.17) is 0 Å². The monoisotopic (exact) mass is 243 g/mol. The molecule has 18 heavy (non-hydrogen) atoms. The molecule has 2 rings (SSSR count). The topological polar surface area (TPSA) is 48.7 Å². The van der Waals surface area contributed by atoms with E-state index in [0.717, 1.165) is 17.8 Å². The molecule has 0 atom stereocenters. The first-order chi connectivity index (χ1) is 8.50. The van der Waals surface area contributed by atoms with Crippen molar-refractivity contribution in [1.29, 1.82) is 5.26 Å². The van der Waals surface area contributed by atoms with Crippen LogP contribution in [0.2, 0.25) is 0 Å². The highest BCUT2D eigenvalue weighted by molar-refractivity contribution is 5.39. The van der Waals surface area contributed by atoms with Gasteiger partial charge in [0.2, 0.25) is 0 Å². The average molecular weight is 243 g/mol. The summed E-state index contributed by atoms with van der Waals surface area (Å²) in [7, 11) is 0. The summed E-state index contributed by atoms with van der Waals surface area (Å²) in [6, 6.07) is 4.90. The Morgan fingerprint density at radius 3 is 2.67 bits per heavy atom. The highest BCUT2D eigenvalue weighted by Gasteiger charge is 2.20. The van der Waals surface area contributed by atoms with E-state index in [9.17, 15) is 5.26 Å². The highest BCUT2D eigenvalue weighted by Crippen LogP contribution is 2.24. The van der Waals surface area contributed by atoms with Gasteiger partial charge in [-0.05, 0) is 24.5 Å². The molecule has 1 aliphatic rings. The largest absolute Gasteiger partial charge is 0.310 e. The van der Waals surface area contributed by atoms with E-state index in [1.165, 1.54) is 19.3 Å². The maximum absolute atomic E-state index is 9.23. The Morgan fingerprint density at radius 1 is 1.44 bits per heavy atom. The van der Waals surface area contributed by atoms with Crippen molar-refractivity contribution < 1.29 is 0 Å². The van der Waals surface area contributed by atoms with Crippen molar-refractivity contribution in [1.82, 2.24) is 10.3 Å². The predicted molar refractivity (Wildman–Crippen MR) is 72.1 cm³/mol. The summed E-state index contributed by atoms with van der Waals surface area (Å²) in [6.45, 7) is 7.07. The van der Waals surface area contributed by atoms with Crippen LogP contribution in [0.5, 0.6) is 0 Å². The SMILES string of the molecule is CC(C)(C)c1ncc(CNC2CCC2)cc1C#N. The average Bonchev–Trinajstić information content (AvgIpc) is 2.25. The molecule has 0 aliphatic heterocycles. The molecule has 3 heteroatoms. The van der Waals surface area contributed by atoms with E-state index in [2.05, 4.69) is 37.1 Å². The highest BCUT2D eigenvalue weighted by atomic mass is 14.9. The maximum atomic E-state index is 9.23. The summed E-state index contributed by atoms with van der Waals surface area (Å²) >= 11 is 0. The summed E-state index contributed by atoms with van der Waals surface area (Å²) in [4.78, 5) is 4.48. The van der Waals surface area contributed by atoms with Gasteiger partial charge in [0.05, 0.1) is 11.3 Å². The van der Waals surface area contributed by atoms with E-state index in [0.29, 0.717) is 11.6 Å². The fourth-order valence-corrected chi connectivity index (χ4v) is 2.16. The molecule has 1 N–H and O–H groups in total. The van der Waals surface area contributed by atoms with Gasteiger partial charge in [0, 0.05) is 24.2 Å². The van der Waals surface area contributed by atoms with E-state index in [-0.39, 0.29) is 5.41 Å². The van der Waals surface area contributed by atoms with Crippen molar-refractivity contribution in [3.05, 3.63) is 29.1 Å². The van der Waals surface area contributed by atoms with Crippen molar-refractivity contribution in [3.63, 3.8) is 0 Å². The molecule has 1 fully saturated rings. The molecule has 0 saturated heterocycles. The predicted octanol–water partition coefficient (Wildman–Crippen LogP) is 2.89. The van der Waals surface area contributed by atoms with Gasteiger partial charge in [0.15, 0.2) is 0 Å². The van der Waals surface area contributed by atoms with Gasteiger partial charge in [-0.15, -0.1) is 0 Å². The zero-order chi connectivity index (χ0) is 13.2. The normalized spacial score (nSPS) is 16.1. The Labute approximate surface area is 109 Å². The Hall–Kier alpha value is -1.40. The number of nitriles is 1. The van der Waals surface area contributed by atoms with Crippen molar-refractivity contribution in [2.45, 2.75) is 58.0 Å². The van der Waals surface area contributed by atoms with Crippen LogP contribution in [0.3, 0.4) is 0 Å². The second-order valence-corrected chi connectivity index (χ2v) is 6.11. The Bertz CT molecular complexity index is 462. The molecular formula is C15H21N3. The van der Waals surface area contributed by atoms with E-state index < -0.39 is 0 Å². The van der Waals surface area contributed by atoms with Gasteiger partial charge < -0.3 is 5.32 Å². The third-order valence-corrected chi connectivity index (χ3v) is 3.48. The smallest absolute Gasteiger partial charge is 0.101 e. The van der Waals surface area contributed by atoms with Gasteiger partial charge in [-0.1, -0.05) is 27.2 Å². The molecule has 0 radical (unpaired) electrons. The summed E-state index contributed by atoms with van der Waals surface area (Å²) in [5.41, 5.74) is 2.62. The Morgan fingerprint density at radius 2 is 2.17 bits per heavy atom. The number of nitrogens with one attached hydrogen (secondary N) is 1. The molecule has 1 aliphatic carbocycles. The molecule has 0 aromatic carbocycles. The van der Waals surface area contributed by atoms with Crippen LogP contribution >= 0.6 is 0 Å². The number of nitrogens with zero attached hydrogens (tertiary/aromatic N) is 2. The Kier molecular flexibility index (Phi) is 3.68. The van der Waals surface area contributed by atoms with Crippen LogP contribution in [0, 0.1) is 11.3 Å². The van der Waals surface area contributed by atoms with E-state index >= 15 is 0 Å². The fraction of sp³-hybridized carbons (Fsp3) is 0.600. The molecule has 0 bridgehead atoms. The number of pyridine rings is 1.